The first-order valence-corrected chi connectivity index (χ1v) is 5.67. The molecule has 0 spiro atoms. The Morgan fingerprint density at radius 3 is 2.26 bits per heavy atom. The second-order valence-electron chi connectivity index (χ2n) is 3.71. The number of rotatable bonds is 5. The first kappa shape index (κ1) is 14.8. The van der Waals surface area contributed by atoms with Gasteiger partial charge in [-0.25, -0.2) is 0 Å². The van der Waals surface area contributed by atoms with Crippen LogP contribution in [0.15, 0.2) is 66.9 Å². The number of hydrogen-bond acceptors (Lipinski definition) is 3. The van der Waals surface area contributed by atoms with Crippen LogP contribution in [0.4, 0.5) is 17.1 Å². The van der Waals surface area contributed by atoms with Crippen molar-refractivity contribution in [1.82, 2.24) is 0 Å². The molecule has 0 saturated heterocycles. The molecule has 0 unspecified atom stereocenters. The van der Waals surface area contributed by atoms with E-state index in [0.717, 1.165) is 23.3 Å². The molecular formula is C15H15ClN2O. The van der Waals surface area contributed by atoms with Crippen LogP contribution in [0, 0.1) is 0 Å². The van der Waals surface area contributed by atoms with E-state index in [9.17, 15) is 4.79 Å². The fraction of sp³-hybridized carbons (Fsp3) is 0. The van der Waals surface area contributed by atoms with Crippen LogP contribution in [0.2, 0.25) is 0 Å². The molecule has 0 radical (unpaired) electrons. The largest absolute Gasteiger partial charge is 0.362 e. The van der Waals surface area contributed by atoms with Crippen LogP contribution in [-0.2, 0) is 4.79 Å². The molecule has 2 N–H and O–H groups in total. The van der Waals surface area contributed by atoms with E-state index in [1.165, 1.54) is 6.08 Å². The summed E-state index contributed by atoms with van der Waals surface area (Å²) in [6.45, 7) is 0. The molecule has 2 rings (SSSR count). The fourth-order valence-electron chi connectivity index (χ4n) is 1.56. The summed E-state index contributed by atoms with van der Waals surface area (Å²) in [7, 11) is 0. The van der Waals surface area contributed by atoms with Gasteiger partial charge in [0, 0.05) is 23.3 Å². The second-order valence-corrected chi connectivity index (χ2v) is 3.71. The molecule has 2 aromatic rings. The van der Waals surface area contributed by atoms with Gasteiger partial charge in [-0.1, -0.05) is 24.3 Å². The molecule has 0 aromatic heterocycles. The van der Waals surface area contributed by atoms with Gasteiger partial charge in [-0.3, -0.25) is 4.79 Å². The summed E-state index contributed by atoms with van der Waals surface area (Å²) in [6.07, 6.45) is 3.75. The molecule has 98 valence electrons. The lowest BCUT2D eigenvalue weighted by Gasteiger charge is -2.08. The summed E-state index contributed by atoms with van der Waals surface area (Å²) < 4.78 is 0. The lowest BCUT2D eigenvalue weighted by atomic mass is 10.2. The zero-order chi connectivity index (χ0) is 12.6. The van der Waals surface area contributed by atoms with E-state index in [-0.39, 0.29) is 12.4 Å². The highest BCUT2D eigenvalue weighted by Crippen LogP contribution is 2.19. The number of anilines is 3. The molecule has 4 heteroatoms. The molecule has 0 atom stereocenters. The topological polar surface area (TPSA) is 41.1 Å². The van der Waals surface area contributed by atoms with Gasteiger partial charge in [0.25, 0.3) is 0 Å². The highest BCUT2D eigenvalue weighted by molar-refractivity contribution is 5.85. The van der Waals surface area contributed by atoms with E-state index >= 15 is 0 Å². The fourth-order valence-corrected chi connectivity index (χ4v) is 1.56. The number of aldehydes is 1. The van der Waals surface area contributed by atoms with Crippen LogP contribution in [0.5, 0.6) is 0 Å². The van der Waals surface area contributed by atoms with Crippen molar-refractivity contribution in [1.29, 1.82) is 0 Å². The van der Waals surface area contributed by atoms with Gasteiger partial charge < -0.3 is 10.6 Å². The molecule has 0 amide bonds. The Kier molecular flexibility index (Phi) is 6.19. The molecule has 0 aliphatic rings. The Bertz CT molecular complexity index is 541. The van der Waals surface area contributed by atoms with Gasteiger partial charge in [0.1, 0.15) is 6.29 Å². The van der Waals surface area contributed by atoms with Crippen molar-refractivity contribution < 1.29 is 4.79 Å². The first-order valence-electron chi connectivity index (χ1n) is 5.67. The molecule has 0 saturated carbocycles. The Morgan fingerprint density at radius 1 is 0.842 bits per heavy atom. The number of benzene rings is 2. The monoisotopic (exact) mass is 274 g/mol. The van der Waals surface area contributed by atoms with E-state index in [0.29, 0.717) is 0 Å². The van der Waals surface area contributed by atoms with Crippen LogP contribution in [0.25, 0.3) is 0 Å². The number of para-hydroxylation sites is 1. The van der Waals surface area contributed by atoms with E-state index < -0.39 is 0 Å². The molecule has 3 nitrogen and oxygen atoms in total. The number of nitrogens with one attached hydrogen (secondary N) is 2. The van der Waals surface area contributed by atoms with Gasteiger partial charge >= 0.3 is 0 Å². The Morgan fingerprint density at radius 2 is 1.53 bits per heavy atom. The second kappa shape index (κ2) is 7.95. The average molecular weight is 275 g/mol. The van der Waals surface area contributed by atoms with Crippen LogP contribution in [0.1, 0.15) is 0 Å². The van der Waals surface area contributed by atoms with Crippen molar-refractivity contribution in [3.05, 3.63) is 66.9 Å². The number of allylic oxidation sites excluding steroid dienone is 1. The summed E-state index contributed by atoms with van der Waals surface area (Å²) in [6, 6.07) is 17.8. The number of hydrogen-bond donors (Lipinski definition) is 2. The molecule has 0 aliphatic heterocycles. The predicted octanol–water partition coefficient (Wildman–Crippen LogP) is 3.98. The zero-order valence-corrected chi connectivity index (χ0v) is 11.1. The maximum atomic E-state index is 10.2. The molecule has 0 heterocycles. The lowest BCUT2D eigenvalue weighted by molar-refractivity contribution is -0.104. The van der Waals surface area contributed by atoms with Gasteiger partial charge in [0.15, 0.2) is 0 Å². The normalized spacial score (nSPS) is 9.68. The first-order chi connectivity index (χ1) is 8.88. The SMILES string of the molecule is Cl.O=CC=CNc1cccc(Nc2ccccc2)c1. The van der Waals surface area contributed by atoms with Crippen LogP contribution in [-0.4, -0.2) is 6.29 Å². The van der Waals surface area contributed by atoms with Crippen molar-refractivity contribution in [2.45, 2.75) is 0 Å². The standard InChI is InChI=1S/C15H14N2O.ClH/c18-11-5-10-16-14-8-4-9-15(12-14)17-13-6-2-1-3-7-13;/h1-12,16-17H;1H. The third-order valence-electron chi connectivity index (χ3n) is 2.35. The smallest absolute Gasteiger partial charge is 0.144 e. The van der Waals surface area contributed by atoms with Crippen molar-refractivity contribution >= 4 is 35.8 Å². The van der Waals surface area contributed by atoms with Crippen LogP contribution >= 0.6 is 12.4 Å². The number of carbonyl (C=O) groups excluding carboxylic acids is 1. The molecule has 2 aromatic carbocycles. The minimum absolute atomic E-state index is 0. The summed E-state index contributed by atoms with van der Waals surface area (Å²) in [5.74, 6) is 0. The molecule has 0 fully saturated rings. The number of halogens is 1. The van der Waals surface area contributed by atoms with Crippen molar-refractivity contribution in [2.75, 3.05) is 10.6 Å². The minimum Gasteiger partial charge on any atom is -0.362 e. The Labute approximate surface area is 118 Å². The Balaban J connectivity index is 0.00000180. The van der Waals surface area contributed by atoms with Crippen LogP contribution in [0.3, 0.4) is 0 Å². The zero-order valence-electron chi connectivity index (χ0n) is 10.2. The maximum absolute atomic E-state index is 10.2. The average Bonchev–Trinajstić information content (AvgIpc) is 2.41. The van der Waals surface area contributed by atoms with E-state index in [4.69, 9.17) is 0 Å². The van der Waals surface area contributed by atoms with Gasteiger partial charge in [0.05, 0.1) is 0 Å². The minimum atomic E-state index is 0. The third kappa shape index (κ3) is 4.85. The van der Waals surface area contributed by atoms with Crippen LogP contribution < -0.4 is 10.6 Å². The van der Waals surface area contributed by atoms with E-state index in [1.807, 2.05) is 54.6 Å². The molecular weight excluding hydrogens is 260 g/mol. The maximum Gasteiger partial charge on any atom is 0.144 e. The highest BCUT2D eigenvalue weighted by atomic mass is 35.5. The lowest BCUT2D eigenvalue weighted by Crippen LogP contribution is -1.92. The van der Waals surface area contributed by atoms with Gasteiger partial charge in [-0.15, -0.1) is 12.4 Å². The molecule has 19 heavy (non-hydrogen) atoms. The van der Waals surface area contributed by atoms with Crippen molar-refractivity contribution in [3.63, 3.8) is 0 Å². The predicted molar refractivity (Wildman–Crippen MR) is 82.2 cm³/mol. The summed E-state index contributed by atoms with van der Waals surface area (Å²) in [4.78, 5) is 10.2. The number of carbonyl (C=O) groups is 1. The summed E-state index contributed by atoms with van der Waals surface area (Å²) in [5.41, 5.74) is 2.96. The summed E-state index contributed by atoms with van der Waals surface area (Å²) >= 11 is 0. The van der Waals surface area contributed by atoms with Crippen molar-refractivity contribution in [3.8, 4) is 0 Å². The molecule has 0 aliphatic carbocycles. The Hall–Kier alpha value is -2.26. The summed E-state index contributed by atoms with van der Waals surface area (Å²) in [5, 5.41) is 6.32. The van der Waals surface area contributed by atoms with Gasteiger partial charge in [0.2, 0.25) is 0 Å². The quantitative estimate of drug-likeness (QED) is 0.640. The van der Waals surface area contributed by atoms with Gasteiger partial charge in [-0.05, 0) is 36.4 Å². The van der Waals surface area contributed by atoms with E-state index in [2.05, 4.69) is 10.6 Å². The van der Waals surface area contributed by atoms with Crippen molar-refractivity contribution in [2.24, 2.45) is 0 Å². The molecule has 0 bridgehead atoms. The van der Waals surface area contributed by atoms with E-state index in [1.54, 1.807) is 6.20 Å². The highest BCUT2D eigenvalue weighted by Gasteiger charge is 1.95. The third-order valence-corrected chi connectivity index (χ3v) is 2.35. The van der Waals surface area contributed by atoms with Gasteiger partial charge in [-0.2, -0.15) is 0 Å².